The lowest BCUT2D eigenvalue weighted by Gasteiger charge is -2.29. The highest BCUT2D eigenvalue weighted by molar-refractivity contribution is 5.79. The van der Waals surface area contributed by atoms with E-state index in [1.54, 1.807) is 0 Å². The topological polar surface area (TPSA) is 44.8 Å². The molecule has 0 saturated carbocycles. The molecule has 124 valence electrons. The summed E-state index contributed by atoms with van der Waals surface area (Å²) in [6.07, 6.45) is 5.06. The van der Waals surface area contributed by atoms with Crippen molar-refractivity contribution < 1.29 is 0 Å². The van der Waals surface area contributed by atoms with Crippen molar-refractivity contribution in [3.63, 3.8) is 0 Å². The van der Waals surface area contributed by atoms with Gasteiger partial charge in [-0.05, 0) is 35.1 Å². The van der Waals surface area contributed by atoms with E-state index in [2.05, 4.69) is 59.9 Å². The van der Waals surface area contributed by atoms with Crippen LogP contribution in [-0.2, 0) is 24.9 Å². The molecular weight excluding hydrogens is 296 g/mol. The summed E-state index contributed by atoms with van der Waals surface area (Å²) < 4.78 is 0. The molecule has 1 aliphatic rings. The van der Waals surface area contributed by atoms with Gasteiger partial charge in [0.15, 0.2) is 0 Å². The van der Waals surface area contributed by atoms with Gasteiger partial charge in [0.1, 0.15) is 5.82 Å². The van der Waals surface area contributed by atoms with Gasteiger partial charge in [0.05, 0.1) is 5.69 Å². The molecule has 2 aromatic heterocycles. The smallest absolute Gasteiger partial charge is 0.133 e. The summed E-state index contributed by atoms with van der Waals surface area (Å²) in [5.74, 6) is 0.941. The fourth-order valence-electron chi connectivity index (χ4n) is 3.31. The Morgan fingerprint density at radius 2 is 2.08 bits per heavy atom. The first-order valence-electron chi connectivity index (χ1n) is 8.63. The molecule has 0 unspecified atom stereocenters. The van der Waals surface area contributed by atoms with Crippen LogP contribution in [0.2, 0.25) is 0 Å². The molecule has 0 bridgehead atoms. The van der Waals surface area contributed by atoms with E-state index in [1.165, 1.54) is 27.7 Å². The van der Waals surface area contributed by atoms with Crippen LogP contribution in [0.5, 0.6) is 0 Å². The first kappa shape index (κ1) is 15.3. The maximum absolute atomic E-state index is 4.86. The zero-order valence-corrected chi connectivity index (χ0v) is 14.6. The minimum atomic E-state index is -0.00401. The Labute approximate surface area is 142 Å². The molecule has 0 saturated heterocycles. The number of nitrogens with one attached hydrogen (secondary N) is 1. The number of hydrogen-bond acceptors (Lipinski definition) is 3. The van der Waals surface area contributed by atoms with Gasteiger partial charge in [0.2, 0.25) is 0 Å². The summed E-state index contributed by atoms with van der Waals surface area (Å²) in [5.41, 5.74) is 5.05. The molecule has 1 N–H and O–H groups in total. The SMILES string of the molecule is CC(C)(C)c1ncc2c(n1)CN(Cc1ccc3cc[nH]c3c1)CC2. The van der Waals surface area contributed by atoms with Crippen LogP contribution in [0.25, 0.3) is 10.9 Å². The summed E-state index contributed by atoms with van der Waals surface area (Å²) in [6.45, 7) is 9.43. The van der Waals surface area contributed by atoms with Crippen LogP contribution in [0.3, 0.4) is 0 Å². The maximum Gasteiger partial charge on any atom is 0.133 e. The molecule has 0 amide bonds. The first-order valence-corrected chi connectivity index (χ1v) is 8.63. The largest absolute Gasteiger partial charge is 0.361 e. The molecule has 0 spiro atoms. The van der Waals surface area contributed by atoms with E-state index in [-0.39, 0.29) is 5.41 Å². The van der Waals surface area contributed by atoms with Crippen LogP contribution in [0.1, 0.15) is 43.4 Å². The highest BCUT2D eigenvalue weighted by Crippen LogP contribution is 2.24. The Bertz CT molecular complexity index is 873. The number of fused-ring (bicyclic) bond motifs is 2. The maximum atomic E-state index is 4.86. The normalized spacial score (nSPS) is 15.6. The number of H-pyrrole nitrogens is 1. The van der Waals surface area contributed by atoms with E-state index in [1.807, 2.05) is 12.4 Å². The Kier molecular flexibility index (Phi) is 3.65. The summed E-state index contributed by atoms with van der Waals surface area (Å²) in [7, 11) is 0. The van der Waals surface area contributed by atoms with Gasteiger partial charge >= 0.3 is 0 Å². The standard InChI is InChI=1S/C20H24N4/c1-20(2,3)19-22-11-16-7-9-24(13-18(16)23-19)12-14-4-5-15-6-8-21-17(15)10-14/h4-6,8,10-11,21H,7,9,12-13H2,1-3H3. The third kappa shape index (κ3) is 2.94. The molecule has 1 aromatic carbocycles. The zero-order chi connectivity index (χ0) is 16.7. The van der Waals surface area contributed by atoms with Gasteiger partial charge in [0, 0.05) is 43.0 Å². The number of benzene rings is 1. The fourth-order valence-corrected chi connectivity index (χ4v) is 3.31. The van der Waals surface area contributed by atoms with Crippen molar-refractivity contribution >= 4 is 10.9 Å². The van der Waals surface area contributed by atoms with Crippen molar-refractivity contribution in [2.24, 2.45) is 0 Å². The van der Waals surface area contributed by atoms with Crippen molar-refractivity contribution in [3.05, 3.63) is 59.3 Å². The van der Waals surface area contributed by atoms with Gasteiger partial charge in [-0.2, -0.15) is 0 Å². The molecule has 4 heteroatoms. The Morgan fingerprint density at radius 1 is 1.21 bits per heavy atom. The lowest BCUT2D eigenvalue weighted by molar-refractivity contribution is 0.240. The molecule has 3 heterocycles. The first-order chi connectivity index (χ1) is 11.5. The van der Waals surface area contributed by atoms with Gasteiger partial charge in [-0.3, -0.25) is 4.90 Å². The van der Waals surface area contributed by atoms with Gasteiger partial charge in [0.25, 0.3) is 0 Å². The minimum absolute atomic E-state index is 0.00401. The van der Waals surface area contributed by atoms with Crippen LogP contribution in [-0.4, -0.2) is 26.4 Å². The monoisotopic (exact) mass is 320 g/mol. The van der Waals surface area contributed by atoms with E-state index >= 15 is 0 Å². The predicted molar refractivity (Wildman–Crippen MR) is 96.8 cm³/mol. The molecule has 4 nitrogen and oxygen atoms in total. The molecule has 3 aromatic rings. The number of rotatable bonds is 2. The van der Waals surface area contributed by atoms with Crippen molar-refractivity contribution in [2.75, 3.05) is 6.54 Å². The van der Waals surface area contributed by atoms with E-state index in [0.717, 1.165) is 31.9 Å². The summed E-state index contributed by atoms with van der Waals surface area (Å²) in [6, 6.07) is 8.79. The van der Waals surface area contributed by atoms with E-state index in [4.69, 9.17) is 4.98 Å². The summed E-state index contributed by atoms with van der Waals surface area (Å²) >= 11 is 0. The number of hydrogen-bond donors (Lipinski definition) is 1. The van der Waals surface area contributed by atoms with Crippen LogP contribution < -0.4 is 0 Å². The van der Waals surface area contributed by atoms with Crippen molar-refractivity contribution in [1.82, 2.24) is 19.9 Å². The van der Waals surface area contributed by atoms with Gasteiger partial charge in [-0.1, -0.05) is 32.9 Å². The molecule has 1 aliphatic heterocycles. The molecule has 0 fully saturated rings. The van der Waals surface area contributed by atoms with Crippen molar-refractivity contribution in [3.8, 4) is 0 Å². The van der Waals surface area contributed by atoms with Gasteiger partial charge < -0.3 is 4.98 Å². The van der Waals surface area contributed by atoms with Crippen LogP contribution in [0.15, 0.2) is 36.7 Å². The van der Waals surface area contributed by atoms with Crippen molar-refractivity contribution in [2.45, 2.75) is 45.7 Å². The fraction of sp³-hybridized carbons (Fsp3) is 0.400. The second-order valence-corrected chi connectivity index (χ2v) is 7.78. The number of aromatic nitrogens is 3. The summed E-state index contributed by atoms with van der Waals surface area (Å²) in [4.78, 5) is 15.2. The predicted octanol–water partition coefficient (Wildman–Crippen LogP) is 3.81. The van der Waals surface area contributed by atoms with E-state index in [0.29, 0.717) is 0 Å². The number of aromatic amines is 1. The number of nitrogens with zero attached hydrogens (tertiary/aromatic N) is 3. The van der Waals surface area contributed by atoms with Crippen LogP contribution in [0, 0.1) is 0 Å². The molecule has 0 radical (unpaired) electrons. The third-order valence-electron chi connectivity index (χ3n) is 4.72. The second kappa shape index (κ2) is 5.71. The molecule has 24 heavy (non-hydrogen) atoms. The Hall–Kier alpha value is -2.20. The average Bonchev–Trinajstić information content (AvgIpc) is 3.01. The zero-order valence-electron chi connectivity index (χ0n) is 14.6. The lowest BCUT2D eigenvalue weighted by Crippen LogP contribution is -2.32. The van der Waals surface area contributed by atoms with Crippen molar-refractivity contribution in [1.29, 1.82) is 0 Å². The van der Waals surface area contributed by atoms with E-state index in [9.17, 15) is 0 Å². The average molecular weight is 320 g/mol. The highest BCUT2D eigenvalue weighted by Gasteiger charge is 2.23. The van der Waals surface area contributed by atoms with Gasteiger partial charge in [-0.15, -0.1) is 0 Å². The Balaban J connectivity index is 1.54. The Morgan fingerprint density at radius 3 is 2.92 bits per heavy atom. The molecule has 0 atom stereocenters. The molecular formula is C20H24N4. The van der Waals surface area contributed by atoms with Crippen LogP contribution >= 0.6 is 0 Å². The van der Waals surface area contributed by atoms with Gasteiger partial charge in [-0.25, -0.2) is 9.97 Å². The van der Waals surface area contributed by atoms with E-state index < -0.39 is 0 Å². The molecule has 4 rings (SSSR count). The highest BCUT2D eigenvalue weighted by atomic mass is 15.1. The summed E-state index contributed by atoms with van der Waals surface area (Å²) in [5, 5.41) is 1.27. The molecule has 0 aliphatic carbocycles. The third-order valence-corrected chi connectivity index (χ3v) is 4.72. The lowest BCUT2D eigenvalue weighted by atomic mass is 9.95. The quantitative estimate of drug-likeness (QED) is 0.781. The van der Waals surface area contributed by atoms with Crippen LogP contribution in [0.4, 0.5) is 0 Å². The minimum Gasteiger partial charge on any atom is -0.361 e. The second-order valence-electron chi connectivity index (χ2n) is 7.78.